The average molecular weight is 257 g/mol. The Labute approximate surface area is 111 Å². The van der Waals surface area contributed by atoms with E-state index in [1.807, 2.05) is 13.0 Å². The van der Waals surface area contributed by atoms with Gasteiger partial charge in [0.2, 0.25) is 0 Å². The first-order valence-electron chi connectivity index (χ1n) is 6.52. The second-order valence-corrected chi connectivity index (χ2v) is 4.93. The van der Waals surface area contributed by atoms with Gasteiger partial charge in [0, 0.05) is 25.0 Å². The van der Waals surface area contributed by atoms with Crippen molar-refractivity contribution in [1.29, 1.82) is 0 Å². The largest absolute Gasteiger partial charge is 0.304 e. The van der Waals surface area contributed by atoms with E-state index in [1.165, 1.54) is 6.07 Å². The van der Waals surface area contributed by atoms with Crippen LogP contribution in [0.3, 0.4) is 0 Å². The molecule has 0 spiro atoms. The minimum atomic E-state index is -0.0862. The minimum Gasteiger partial charge on any atom is -0.304 e. The standard InChI is InChI=1S/C15H16FN3/c1-10-7-18-11(8-17-10)9-19-15-6-5-12-13(15)3-2-4-14(12)16/h2-4,7-8,15,19H,5-6,9H2,1H3. The van der Waals surface area contributed by atoms with Gasteiger partial charge in [-0.3, -0.25) is 9.97 Å². The van der Waals surface area contributed by atoms with E-state index < -0.39 is 0 Å². The fraction of sp³-hybridized carbons (Fsp3) is 0.333. The van der Waals surface area contributed by atoms with Crippen LogP contribution in [0.1, 0.15) is 35.0 Å². The van der Waals surface area contributed by atoms with Gasteiger partial charge >= 0.3 is 0 Å². The van der Waals surface area contributed by atoms with E-state index in [1.54, 1.807) is 18.5 Å². The molecule has 1 aromatic carbocycles. The third-order valence-corrected chi connectivity index (χ3v) is 3.58. The molecule has 1 aromatic heterocycles. The van der Waals surface area contributed by atoms with Crippen LogP contribution in [0.5, 0.6) is 0 Å². The number of hydrogen-bond donors (Lipinski definition) is 1. The number of rotatable bonds is 3. The summed E-state index contributed by atoms with van der Waals surface area (Å²) >= 11 is 0. The molecule has 3 nitrogen and oxygen atoms in total. The first kappa shape index (κ1) is 12.2. The Bertz CT molecular complexity index is 580. The van der Waals surface area contributed by atoms with E-state index in [9.17, 15) is 4.39 Å². The summed E-state index contributed by atoms with van der Waals surface area (Å²) in [5, 5.41) is 3.43. The van der Waals surface area contributed by atoms with Crippen LogP contribution in [-0.4, -0.2) is 9.97 Å². The van der Waals surface area contributed by atoms with Gasteiger partial charge in [-0.05, 0) is 37.0 Å². The molecule has 0 fully saturated rings. The Hall–Kier alpha value is -1.81. The highest BCUT2D eigenvalue weighted by Crippen LogP contribution is 2.32. The molecule has 0 aliphatic heterocycles. The molecule has 19 heavy (non-hydrogen) atoms. The first-order valence-corrected chi connectivity index (χ1v) is 6.52. The molecule has 1 aliphatic carbocycles. The molecule has 1 heterocycles. The predicted octanol–water partition coefficient (Wildman–Crippen LogP) is 2.70. The highest BCUT2D eigenvalue weighted by Gasteiger charge is 2.24. The van der Waals surface area contributed by atoms with Gasteiger partial charge in [-0.25, -0.2) is 4.39 Å². The van der Waals surface area contributed by atoms with Crippen molar-refractivity contribution in [3.8, 4) is 0 Å². The van der Waals surface area contributed by atoms with Crippen LogP contribution in [0, 0.1) is 12.7 Å². The zero-order valence-corrected chi connectivity index (χ0v) is 10.9. The van der Waals surface area contributed by atoms with Crippen molar-refractivity contribution in [2.24, 2.45) is 0 Å². The molecule has 0 amide bonds. The lowest BCUT2D eigenvalue weighted by atomic mass is 10.1. The molecule has 2 aromatic rings. The molecule has 1 atom stereocenters. The van der Waals surface area contributed by atoms with Crippen molar-refractivity contribution in [1.82, 2.24) is 15.3 Å². The summed E-state index contributed by atoms with van der Waals surface area (Å²) in [4.78, 5) is 8.53. The molecule has 0 saturated heterocycles. The zero-order valence-electron chi connectivity index (χ0n) is 10.9. The van der Waals surface area contributed by atoms with Gasteiger partial charge in [0.15, 0.2) is 0 Å². The summed E-state index contributed by atoms with van der Waals surface area (Å²) in [7, 11) is 0. The van der Waals surface area contributed by atoms with Gasteiger partial charge in [0.1, 0.15) is 5.82 Å². The van der Waals surface area contributed by atoms with Crippen LogP contribution in [0.2, 0.25) is 0 Å². The SMILES string of the molecule is Cc1cnc(CNC2CCc3c(F)cccc32)cn1. The van der Waals surface area contributed by atoms with Crippen molar-refractivity contribution >= 4 is 0 Å². The smallest absolute Gasteiger partial charge is 0.126 e. The molecule has 98 valence electrons. The molecule has 0 saturated carbocycles. The van der Waals surface area contributed by atoms with Gasteiger partial charge in [0.05, 0.1) is 11.4 Å². The Morgan fingerprint density at radius 3 is 3.00 bits per heavy atom. The first-order chi connectivity index (χ1) is 9.24. The van der Waals surface area contributed by atoms with E-state index in [0.717, 1.165) is 35.4 Å². The lowest BCUT2D eigenvalue weighted by Crippen LogP contribution is -2.19. The molecule has 0 bridgehead atoms. The van der Waals surface area contributed by atoms with Crippen molar-refractivity contribution in [2.75, 3.05) is 0 Å². The zero-order chi connectivity index (χ0) is 13.2. The molecule has 4 heteroatoms. The second kappa shape index (κ2) is 5.05. The van der Waals surface area contributed by atoms with Crippen molar-refractivity contribution < 1.29 is 4.39 Å². The van der Waals surface area contributed by atoms with E-state index in [2.05, 4.69) is 15.3 Å². The van der Waals surface area contributed by atoms with E-state index in [0.29, 0.717) is 6.54 Å². The highest BCUT2D eigenvalue weighted by molar-refractivity contribution is 5.35. The summed E-state index contributed by atoms with van der Waals surface area (Å²) in [6.07, 6.45) is 5.29. The molecular weight excluding hydrogens is 241 g/mol. The Morgan fingerprint density at radius 2 is 2.21 bits per heavy atom. The summed E-state index contributed by atoms with van der Waals surface area (Å²) in [6.45, 7) is 2.58. The Morgan fingerprint density at radius 1 is 1.32 bits per heavy atom. The Balaban J connectivity index is 1.70. The number of halogens is 1. The van der Waals surface area contributed by atoms with Gasteiger partial charge in [-0.1, -0.05) is 12.1 Å². The van der Waals surface area contributed by atoms with Crippen molar-refractivity contribution in [3.63, 3.8) is 0 Å². The summed E-state index contributed by atoms with van der Waals surface area (Å²) in [5.41, 5.74) is 3.77. The normalized spacial score (nSPS) is 17.5. The van der Waals surface area contributed by atoms with Gasteiger partial charge in [-0.2, -0.15) is 0 Å². The monoisotopic (exact) mass is 257 g/mol. The van der Waals surface area contributed by atoms with Crippen LogP contribution in [0.15, 0.2) is 30.6 Å². The third-order valence-electron chi connectivity index (χ3n) is 3.58. The molecule has 3 rings (SSSR count). The fourth-order valence-electron chi connectivity index (χ4n) is 2.56. The quantitative estimate of drug-likeness (QED) is 0.918. The molecule has 0 radical (unpaired) electrons. The summed E-state index contributed by atoms with van der Waals surface area (Å²) in [5.74, 6) is -0.0862. The number of aromatic nitrogens is 2. The number of hydrogen-bond acceptors (Lipinski definition) is 3. The van der Waals surface area contributed by atoms with Crippen molar-refractivity contribution in [3.05, 3.63) is 58.9 Å². The van der Waals surface area contributed by atoms with Crippen LogP contribution < -0.4 is 5.32 Å². The molecule has 1 aliphatic rings. The van der Waals surface area contributed by atoms with Crippen molar-refractivity contribution in [2.45, 2.75) is 32.4 Å². The molecular formula is C15H16FN3. The van der Waals surface area contributed by atoms with E-state index in [-0.39, 0.29) is 11.9 Å². The topological polar surface area (TPSA) is 37.8 Å². The van der Waals surface area contributed by atoms with Crippen LogP contribution >= 0.6 is 0 Å². The lowest BCUT2D eigenvalue weighted by molar-refractivity contribution is 0.524. The maximum absolute atomic E-state index is 13.6. The fourth-order valence-corrected chi connectivity index (χ4v) is 2.56. The minimum absolute atomic E-state index is 0.0862. The van der Waals surface area contributed by atoms with Gasteiger partial charge in [0.25, 0.3) is 0 Å². The second-order valence-electron chi connectivity index (χ2n) is 4.93. The maximum atomic E-state index is 13.6. The van der Waals surface area contributed by atoms with E-state index in [4.69, 9.17) is 0 Å². The third kappa shape index (κ3) is 2.49. The number of aryl methyl sites for hydroxylation is 1. The number of nitrogens with zero attached hydrogens (tertiary/aromatic N) is 2. The Kier molecular flexibility index (Phi) is 3.25. The van der Waals surface area contributed by atoms with E-state index >= 15 is 0 Å². The number of nitrogens with one attached hydrogen (secondary N) is 1. The number of fused-ring (bicyclic) bond motifs is 1. The van der Waals surface area contributed by atoms with Gasteiger partial charge < -0.3 is 5.32 Å². The predicted molar refractivity (Wildman–Crippen MR) is 71.1 cm³/mol. The lowest BCUT2D eigenvalue weighted by Gasteiger charge is -2.13. The average Bonchev–Trinajstić information content (AvgIpc) is 2.83. The van der Waals surface area contributed by atoms with Gasteiger partial charge in [-0.15, -0.1) is 0 Å². The number of benzene rings is 1. The highest BCUT2D eigenvalue weighted by atomic mass is 19.1. The van der Waals surface area contributed by atoms with Crippen LogP contribution in [-0.2, 0) is 13.0 Å². The molecule has 1 unspecified atom stereocenters. The van der Waals surface area contributed by atoms with Crippen LogP contribution in [0.4, 0.5) is 4.39 Å². The van der Waals surface area contributed by atoms with Crippen LogP contribution in [0.25, 0.3) is 0 Å². The molecule has 1 N–H and O–H groups in total. The summed E-state index contributed by atoms with van der Waals surface area (Å²) in [6, 6.07) is 5.53. The maximum Gasteiger partial charge on any atom is 0.126 e. The summed E-state index contributed by atoms with van der Waals surface area (Å²) < 4.78 is 13.6.